The summed E-state index contributed by atoms with van der Waals surface area (Å²) in [4.78, 5) is 11.5. The zero-order chi connectivity index (χ0) is 16.0. The lowest BCUT2D eigenvalue weighted by molar-refractivity contribution is -0.0512. The molecule has 0 saturated carbocycles. The second-order valence-corrected chi connectivity index (χ2v) is 7.70. The number of fused-ring (bicyclic) bond motifs is 1. The molecule has 0 bridgehead atoms. The van der Waals surface area contributed by atoms with Crippen molar-refractivity contribution < 1.29 is 0 Å². The molecule has 1 aliphatic carbocycles. The Labute approximate surface area is 143 Å². The fraction of sp³-hybridized carbons (Fsp3) is 0.500. The van der Waals surface area contributed by atoms with E-state index in [4.69, 9.17) is 0 Å². The van der Waals surface area contributed by atoms with Crippen molar-refractivity contribution in [1.82, 2.24) is 20.2 Å². The molecular weight excluding hydrogens is 296 g/mol. The minimum absolute atomic E-state index is 0.617. The van der Waals surface area contributed by atoms with Gasteiger partial charge in [-0.15, -0.1) is 0 Å². The van der Waals surface area contributed by atoms with Crippen molar-refractivity contribution in [2.75, 3.05) is 26.2 Å². The number of nitrogens with one attached hydrogen (secondary N) is 1. The van der Waals surface area contributed by atoms with Crippen LogP contribution >= 0.6 is 0 Å². The third-order valence-electron chi connectivity index (χ3n) is 6.20. The summed E-state index contributed by atoms with van der Waals surface area (Å²) in [5.74, 6) is 0.835. The molecule has 1 atom stereocenters. The van der Waals surface area contributed by atoms with Gasteiger partial charge in [0, 0.05) is 37.1 Å². The number of aryl methyl sites for hydroxylation is 1. The summed E-state index contributed by atoms with van der Waals surface area (Å²) in [6, 6.07) is 9.34. The Morgan fingerprint density at radius 3 is 2.67 bits per heavy atom. The number of hydrogen-bond acceptors (Lipinski definition) is 4. The molecule has 1 aromatic heterocycles. The Hall–Kier alpha value is -1.78. The van der Waals surface area contributed by atoms with Crippen molar-refractivity contribution in [2.45, 2.75) is 31.7 Å². The average molecular weight is 320 g/mol. The van der Waals surface area contributed by atoms with Crippen LogP contribution in [-0.4, -0.2) is 41.0 Å². The maximum Gasteiger partial charge on any atom is 0.159 e. The van der Waals surface area contributed by atoms with E-state index >= 15 is 0 Å². The van der Waals surface area contributed by atoms with Gasteiger partial charge in [0.05, 0.1) is 0 Å². The maximum atomic E-state index is 4.39. The van der Waals surface area contributed by atoms with Gasteiger partial charge in [0.25, 0.3) is 0 Å². The summed E-state index contributed by atoms with van der Waals surface area (Å²) in [6.45, 7) is 5.00. The van der Waals surface area contributed by atoms with Crippen LogP contribution in [0.1, 0.15) is 36.4 Å². The van der Waals surface area contributed by atoms with E-state index in [2.05, 4.69) is 38.4 Å². The van der Waals surface area contributed by atoms with Gasteiger partial charge in [0.2, 0.25) is 0 Å². The lowest BCUT2D eigenvalue weighted by atomic mass is 9.71. The van der Waals surface area contributed by atoms with E-state index in [1.165, 1.54) is 57.4 Å². The summed E-state index contributed by atoms with van der Waals surface area (Å²) in [5, 5.41) is 3.50. The summed E-state index contributed by atoms with van der Waals surface area (Å²) in [6.07, 6.45) is 8.79. The van der Waals surface area contributed by atoms with Gasteiger partial charge in [0.1, 0.15) is 0 Å². The van der Waals surface area contributed by atoms with E-state index in [1.807, 2.05) is 18.5 Å². The van der Waals surface area contributed by atoms with Gasteiger partial charge in [-0.3, -0.25) is 4.90 Å². The third-order valence-corrected chi connectivity index (χ3v) is 6.20. The second kappa shape index (κ2) is 5.64. The number of nitrogens with zero attached hydrogens (tertiary/aromatic N) is 3. The molecule has 1 unspecified atom stereocenters. The van der Waals surface area contributed by atoms with E-state index in [-0.39, 0.29) is 0 Å². The highest BCUT2D eigenvalue weighted by Gasteiger charge is 2.46. The van der Waals surface area contributed by atoms with Gasteiger partial charge >= 0.3 is 0 Å². The van der Waals surface area contributed by atoms with Crippen LogP contribution in [0.2, 0.25) is 0 Å². The number of rotatable bonds is 2. The monoisotopic (exact) mass is 320 g/mol. The van der Waals surface area contributed by atoms with E-state index in [0.29, 0.717) is 11.5 Å². The normalized spacial score (nSPS) is 25.4. The number of aromatic nitrogens is 2. The van der Waals surface area contributed by atoms with E-state index in [0.717, 1.165) is 11.4 Å². The lowest BCUT2D eigenvalue weighted by Crippen LogP contribution is -2.60. The average Bonchev–Trinajstić information content (AvgIpc) is 3.04. The number of benzene rings is 1. The summed E-state index contributed by atoms with van der Waals surface area (Å²) in [5.41, 5.74) is 4.80. The largest absolute Gasteiger partial charge is 0.317 e. The quantitative estimate of drug-likeness (QED) is 0.924. The fourth-order valence-electron chi connectivity index (χ4n) is 4.87. The molecule has 2 saturated heterocycles. The molecule has 0 radical (unpaired) electrons. The SMILES string of the molecule is c1cnc(-c2ccc3c(c2)CCC3N2CC3(CCNCC3)C2)nc1. The molecule has 4 heteroatoms. The topological polar surface area (TPSA) is 41.1 Å². The van der Waals surface area contributed by atoms with Crippen molar-refractivity contribution >= 4 is 0 Å². The summed E-state index contributed by atoms with van der Waals surface area (Å²) in [7, 11) is 0. The minimum Gasteiger partial charge on any atom is -0.317 e. The van der Waals surface area contributed by atoms with Gasteiger partial charge in [-0.2, -0.15) is 0 Å². The zero-order valence-electron chi connectivity index (χ0n) is 14.0. The van der Waals surface area contributed by atoms with Crippen LogP contribution in [0.3, 0.4) is 0 Å². The Kier molecular flexibility index (Phi) is 3.42. The van der Waals surface area contributed by atoms with E-state index in [9.17, 15) is 0 Å². The number of hydrogen-bond donors (Lipinski definition) is 1. The van der Waals surface area contributed by atoms with Crippen LogP contribution in [0.25, 0.3) is 11.4 Å². The first kappa shape index (κ1) is 14.6. The Bertz CT molecular complexity index is 729. The van der Waals surface area contributed by atoms with Crippen molar-refractivity contribution in [3.63, 3.8) is 0 Å². The van der Waals surface area contributed by atoms with E-state index in [1.54, 1.807) is 5.56 Å². The molecule has 1 N–H and O–H groups in total. The smallest absolute Gasteiger partial charge is 0.159 e. The predicted molar refractivity (Wildman–Crippen MR) is 94.6 cm³/mol. The van der Waals surface area contributed by atoms with Crippen molar-refractivity contribution in [2.24, 2.45) is 5.41 Å². The Balaban J connectivity index is 1.35. The standard InChI is InChI=1S/C20H24N4/c1-8-22-19(23-9-1)16-2-4-17-15(12-16)3-5-18(17)24-13-20(14-24)6-10-21-11-7-20/h1-2,4,8-9,12,18,21H,3,5-7,10-11,13-14H2. The molecule has 124 valence electrons. The Morgan fingerprint density at radius 1 is 1.08 bits per heavy atom. The van der Waals surface area contributed by atoms with Gasteiger partial charge in [-0.1, -0.05) is 12.1 Å². The van der Waals surface area contributed by atoms with Crippen LogP contribution in [0.4, 0.5) is 0 Å². The molecule has 4 nitrogen and oxygen atoms in total. The summed E-state index contributed by atoms with van der Waals surface area (Å²) < 4.78 is 0. The fourth-order valence-corrected chi connectivity index (χ4v) is 4.87. The third kappa shape index (κ3) is 2.36. The Morgan fingerprint density at radius 2 is 1.88 bits per heavy atom. The molecule has 24 heavy (non-hydrogen) atoms. The molecule has 2 fully saturated rings. The molecule has 1 aromatic carbocycles. The predicted octanol–water partition coefficient (Wildman–Crippen LogP) is 2.82. The van der Waals surface area contributed by atoms with Gasteiger partial charge in [-0.05, 0) is 67.4 Å². The maximum absolute atomic E-state index is 4.39. The highest BCUT2D eigenvalue weighted by Crippen LogP contribution is 2.47. The van der Waals surface area contributed by atoms with Crippen molar-refractivity contribution in [3.05, 3.63) is 47.8 Å². The lowest BCUT2D eigenvalue weighted by Gasteiger charge is -2.55. The zero-order valence-corrected chi connectivity index (χ0v) is 14.0. The van der Waals surface area contributed by atoms with Crippen LogP contribution in [-0.2, 0) is 6.42 Å². The first-order valence-electron chi connectivity index (χ1n) is 9.18. The summed E-state index contributed by atoms with van der Waals surface area (Å²) >= 11 is 0. The van der Waals surface area contributed by atoms with Gasteiger partial charge < -0.3 is 5.32 Å². The van der Waals surface area contributed by atoms with Crippen LogP contribution in [0, 0.1) is 5.41 Å². The van der Waals surface area contributed by atoms with Gasteiger partial charge in [-0.25, -0.2) is 9.97 Å². The molecule has 5 rings (SSSR count). The molecule has 2 aromatic rings. The molecule has 3 aliphatic rings. The van der Waals surface area contributed by atoms with Crippen molar-refractivity contribution in [3.8, 4) is 11.4 Å². The number of piperidine rings is 1. The van der Waals surface area contributed by atoms with Gasteiger partial charge in [0.15, 0.2) is 5.82 Å². The highest BCUT2D eigenvalue weighted by atomic mass is 15.2. The molecule has 0 amide bonds. The van der Waals surface area contributed by atoms with Crippen LogP contribution < -0.4 is 5.32 Å². The molecule has 2 aliphatic heterocycles. The van der Waals surface area contributed by atoms with E-state index < -0.39 is 0 Å². The van der Waals surface area contributed by atoms with Crippen LogP contribution in [0.5, 0.6) is 0 Å². The van der Waals surface area contributed by atoms with Crippen molar-refractivity contribution in [1.29, 1.82) is 0 Å². The second-order valence-electron chi connectivity index (χ2n) is 7.70. The minimum atomic E-state index is 0.617. The molecule has 1 spiro atoms. The first-order chi connectivity index (χ1) is 11.8. The molecule has 3 heterocycles. The first-order valence-corrected chi connectivity index (χ1v) is 9.18. The van der Waals surface area contributed by atoms with Crippen LogP contribution in [0.15, 0.2) is 36.7 Å². The highest BCUT2D eigenvalue weighted by molar-refractivity contribution is 5.58. The molecular formula is C20H24N4. The number of likely N-dealkylation sites (tertiary alicyclic amines) is 1.